The molecule has 7 rings (SSSR count). The van der Waals surface area contributed by atoms with Crippen LogP contribution in [0.3, 0.4) is 0 Å². The lowest BCUT2D eigenvalue weighted by molar-refractivity contribution is -0.112. The summed E-state index contributed by atoms with van der Waals surface area (Å²) in [6.45, 7) is 0.148. The molecule has 3 N–H and O–H groups in total. The van der Waals surface area contributed by atoms with Crippen molar-refractivity contribution in [3.8, 4) is 0 Å². The maximum absolute atomic E-state index is 13.7. The van der Waals surface area contributed by atoms with Crippen LogP contribution in [0.5, 0.6) is 0 Å². The highest BCUT2D eigenvalue weighted by Crippen LogP contribution is 2.38. The molecule has 0 atom stereocenters. The minimum atomic E-state index is -3.90. The summed E-state index contributed by atoms with van der Waals surface area (Å²) >= 11 is 6.65. The summed E-state index contributed by atoms with van der Waals surface area (Å²) in [6, 6.07) is 33.3. The number of aromatic nitrogens is 1. The number of benzene rings is 4. The van der Waals surface area contributed by atoms with Crippen LogP contribution in [0, 0.1) is 0 Å². The van der Waals surface area contributed by atoms with Crippen molar-refractivity contribution >= 4 is 38.5 Å². The third-order valence-electron chi connectivity index (χ3n) is 9.01. The molecule has 0 saturated heterocycles. The van der Waals surface area contributed by atoms with Gasteiger partial charge in [0.2, 0.25) is 10.0 Å². The molecule has 0 radical (unpaired) electrons. The molecule has 9 nitrogen and oxygen atoms in total. The second-order valence-corrected chi connectivity index (χ2v) is 14.3. The van der Waals surface area contributed by atoms with Crippen LogP contribution in [-0.4, -0.2) is 35.7 Å². The number of allylic oxidation sites excluding steroid dienone is 2. The van der Waals surface area contributed by atoms with Gasteiger partial charge in [-0.3, -0.25) is 0 Å². The van der Waals surface area contributed by atoms with Crippen molar-refractivity contribution in [2.24, 2.45) is 0 Å². The van der Waals surface area contributed by atoms with E-state index in [4.69, 9.17) is 16.5 Å². The number of hydroxylamine groups is 3. The van der Waals surface area contributed by atoms with Gasteiger partial charge in [-0.25, -0.2) is 28.5 Å². The highest BCUT2D eigenvalue weighted by Gasteiger charge is 2.31. The number of nitrogens with zero attached hydrogens (tertiary/aromatic N) is 2. The van der Waals surface area contributed by atoms with Crippen molar-refractivity contribution in [1.29, 1.82) is 0 Å². The van der Waals surface area contributed by atoms with Crippen LogP contribution in [0.15, 0.2) is 138 Å². The molecule has 5 aromatic rings. The number of aryl methyl sites for hydroxylation is 2. The monoisotopic (exact) mass is 706 g/mol. The molecule has 3 heterocycles. The van der Waals surface area contributed by atoms with Crippen LogP contribution < -0.4 is 10.2 Å². The number of rotatable bonds is 13. The molecule has 0 saturated carbocycles. The Morgan fingerprint density at radius 3 is 2.28 bits per heavy atom. The first-order valence-electron chi connectivity index (χ1n) is 16.3. The summed E-state index contributed by atoms with van der Waals surface area (Å²) in [7, 11) is -3.90. The zero-order valence-electron chi connectivity index (χ0n) is 27.0. The second-order valence-electron chi connectivity index (χ2n) is 12.1. The van der Waals surface area contributed by atoms with Crippen molar-refractivity contribution in [1.82, 2.24) is 19.8 Å². The van der Waals surface area contributed by atoms with Crippen molar-refractivity contribution in [3.05, 3.63) is 177 Å². The first kappa shape index (κ1) is 33.4. The van der Waals surface area contributed by atoms with Crippen LogP contribution in [0.4, 0.5) is 0 Å². The van der Waals surface area contributed by atoms with Crippen molar-refractivity contribution in [2.45, 2.75) is 31.7 Å². The van der Waals surface area contributed by atoms with Crippen LogP contribution in [0.1, 0.15) is 50.8 Å². The number of carbonyl (C=O) groups is 1. The summed E-state index contributed by atoms with van der Waals surface area (Å²) in [5.74, 6) is -0.952. The molecule has 0 aliphatic carbocycles. The Balaban J connectivity index is 1.29. The number of nitrogens with one attached hydrogen (secondary N) is 2. The molecule has 4 aromatic carbocycles. The second kappa shape index (κ2) is 14.4. The Labute approximate surface area is 295 Å². The van der Waals surface area contributed by atoms with Gasteiger partial charge in [-0.15, -0.1) is 0 Å². The van der Waals surface area contributed by atoms with Crippen molar-refractivity contribution in [3.63, 3.8) is 0 Å². The van der Waals surface area contributed by atoms with Crippen molar-refractivity contribution in [2.75, 3.05) is 6.54 Å². The van der Waals surface area contributed by atoms with E-state index in [2.05, 4.69) is 39.0 Å². The van der Waals surface area contributed by atoms with Gasteiger partial charge in [0.25, 0.3) is 0 Å². The third kappa shape index (κ3) is 6.83. The largest absolute Gasteiger partial charge is 0.478 e. The Bertz CT molecular complexity index is 2190. The van der Waals surface area contributed by atoms with Gasteiger partial charge in [-0.05, 0) is 84.0 Å². The molecular formula is C39H35ClN4O5S. The number of sulfonamides is 1. The Morgan fingerprint density at radius 1 is 0.900 bits per heavy atom. The zero-order valence-corrected chi connectivity index (χ0v) is 28.6. The van der Waals surface area contributed by atoms with E-state index in [1.54, 1.807) is 30.5 Å². The molecule has 0 bridgehead atoms. The Morgan fingerprint density at radius 2 is 1.60 bits per heavy atom. The summed E-state index contributed by atoms with van der Waals surface area (Å²) in [4.78, 5) is 16.7. The topological polar surface area (TPSA) is 113 Å². The molecule has 2 aliphatic rings. The quantitative estimate of drug-likeness (QED) is 0.118. The molecule has 1 aromatic heterocycles. The zero-order chi connectivity index (χ0) is 34.7. The van der Waals surface area contributed by atoms with Crippen molar-refractivity contribution < 1.29 is 23.3 Å². The molecule has 254 valence electrons. The number of hydrogen-bond donors (Lipinski definition) is 3. The minimum Gasteiger partial charge on any atom is -0.478 e. The normalized spacial score (nSPS) is 14.1. The number of hydrogen-bond acceptors (Lipinski definition) is 6. The Kier molecular flexibility index (Phi) is 9.60. The molecule has 0 fully saturated rings. The smallest absolute Gasteiger partial charge is 0.335 e. The lowest BCUT2D eigenvalue weighted by atomic mass is 9.97. The predicted molar refractivity (Wildman–Crippen MR) is 194 cm³/mol. The van der Waals surface area contributed by atoms with Gasteiger partial charge in [0.1, 0.15) is 10.6 Å². The van der Waals surface area contributed by atoms with E-state index < -0.39 is 16.0 Å². The maximum atomic E-state index is 13.7. The molecular weight excluding hydrogens is 672 g/mol. The highest BCUT2D eigenvalue weighted by atomic mass is 35.5. The lowest BCUT2D eigenvalue weighted by Gasteiger charge is -2.25. The number of aromatic carboxylic acids is 1. The minimum absolute atomic E-state index is 0.109. The average molecular weight is 707 g/mol. The standard InChI is InChI=1S/C39H35ClN4O5S/c40-31-20-21-34-33(25-31)32(14-7-9-27-16-18-30(19-17-27)39(45)46)35(22-23-42-50(47,48)37-15-8-24-43-36(37)26-41-49-43)44(34)38(28-10-3-1-4-11-28)29-12-5-2-6-13-29/h1-6,8,10-13,15-21,24-26,38,41-42H,7,9,14,22-23H2,(H,45,46). The molecule has 50 heavy (non-hydrogen) atoms. The molecule has 2 aliphatic heterocycles. The predicted octanol–water partition coefficient (Wildman–Crippen LogP) is 7.27. The molecule has 0 amide bonds. The first-order chi connectivity index (χ1) is 24.3. The van der Waals surface area contributed by atoms with E-state index >= 15 is 0 Å². The van der Waals surface area contributed by atoms with Crippen LogP contribution in [-0.2, 0) is 34.2 Å². The van der Waals surface area contributed by atoms with Crippen LogP contribution >= 0.6 is 11.6 Å². The fraction of sp³-hybridized carbons (Fsp3) is 0.154. The molecule has 0 spiro atoms. The lowest BCUT2D eigenvalue weighted by Crippen LogP contribution is -2.31. The van der Waals surface area contributed by atoms with Gasteiger partial charge in [0.15, 0.2) is 0 Å². The number of fused-ring (bicyclic) bond motifs is 2. The SMILES string of the molecule is O=C(O)c1ccc(CCCc2c(CCNS(=O)(=O)C3=CC=CN4ONC=C34)n(C(c3ccccc3)c3ccccc3)c3ccc(Cl)cc23)cc1. The summed E-state index contributed by atoms with van der Waals surface area (Å²) in [5, 5.41) is 12.3. The number of halogens is 1. The third-order valence-corrected chi connectivity index (χ3v) is 10.8. The average Bonchev–Trinajstić information content (AvgIpc) is 3.72. The van der Waals surface area contributed by atoms with E-state index in [9.17, 15) is 18.3 Å². The van der Waals surface area contributed by atoms with Gasteiger partial charge >= 0.3 is 5.97 Å². The molecule has 11 heteroatoms. The van der Waals surface area contributed by atoms with Crippen LogP contribution in [0.2, 0.25) is 5.02 Å². The van der Waals surface area contributed by atoms with E-state index in [0.29, 0.717) is 23.6 Å². The summed E-state index contributed by atoms with van der Waals surface area (Å²) < 4.78 is 32.5. The fourth-order valence-corrected chi connectivity index (χ4v) is 8.12. The first-order valence-corrected chi connectivity index (χ1v) is 18.2. The number of carboxylic acids is 1. The number of carboxylic acid groups (broad SMARTS) is 1. The van der Waals surface area contributed by atoms with Gasteiger partial charge in [-0.1, -0.05) is 84.4 Å². The summed E-state index contributed by atoms with van der Waals surface area (Å²) in [5.41, 5.74) is 9.60. The van der Waals surface area contributed by atoms with Gasteiger partial charge in [-0.2, -0.15) is 4.94 Å². The van der Waals surface area contributed by atoms with Crippen LogP contribution in [0.25, 0.3) is 10.9 Å². The van der Waals surface area contributed by atoms with Gasteiger partial charge < -0.3 is 9.67 Å². The van der Waals surface area contributed by atoms with E-state index in [0.717, 1.165) is 51.7 Å². The molecule has 0 unspecified atom stereocenters. The van der Waals surface area contributed by atoms with E-state index in [-0.39, 0.29) is 23.1 Å². The van der Waals surface area contributed by atoms with E-state index in [1.807, 2.05) is 66.7 Å². The highest BCUT2D eigenvalue weighted by molar-refractivity contribution is 7.93. The summed E-state index contributed by atoms with van der Waals surface area (Å²) in [6.07, 6.45) is 8.95. The Hall–Kier alpha value is -5.13. The van der Waals surface area contributed by atoms with Gasteiger partial charge in [0, 0.05) is 40.8 Å². The fourth-order valence-electron chi connectivity index (χ4n) is 6.74. The van der Waals surface area contributed by atoms with E-state index in [1.165, 1.54) is 11.3 Å². The maximum Gasteiger partial charge on any atom is 0.335 e. The van der Waals surface area contributed by atoms with Gasteiger partial charge in [0.05, 0.1) is 17.8 Å².